The molecule has 0 fully saturated rings. The van der Waals surface area contributed by atoms with Crippen molar-refractivity contribution in [2.75, 3.05) is 7.11 Å². The summed E-state index contributed by atoms with van der Waals surface area (Å²) >= 11 is 0. The van der Waals surface area contributed by atoms with Crippen molar-refractivity contribution in [2.45, 2.75) is 6.42 Å². The third-order valence-corrected chi connectivity index (χ3v) is 2.22. The van der Waals surface area contributed by atoms with Crippen molar-refractivity contribution in [1.29, 1.82) is 0 Å². The first-order valence-electron chi connectivity index (χ1n) is 4.54. The minimum absolute atomic E-state index is 0. The molecule has 16 heavy (non-hydrogen) atoms. The molecule has 0 radical (unpaired) electrons. The van der Waals surface area contributed by atoms with Gasteiger partial charge in [0.15, 0.2) is 0 Å². The van der Waals surface area contributed by atoms with E-state index in [2.05, 4.69) is 4.98 Å². The first-order chi connectivity index (χ1) is 7.19. The molecule has 0 unspecified atom stereocenters. The topological polar surface area (TPSA) is 65.2 Å². The Kier molecular flexibility index (Phi) is 4.41. The van der Waals surface area contributed by atoms with Crippen LogP contribution in [0.15, 0.2) is 24.3 Å². The number of benzene rings is 1. The van der Waals surface area contributed by atoms with Crippen LogP contribution in [0.25, 0.3) is 10.9 Å². The Morgan fingerprint density at radius 3 is 2.81 bits per heavy atom. The first-order valence-corrected chi connectivity index (χ1v) is 4.54. The Labute approximate surface area is 115 Å². The molecule has 4 nitrogen and oxygen atoms in total. The summed E-state index contributed by atoms with van der Waals surface area (Å²) in [6.07, 6.45) is -0.100. The van der Waals surface area contributed by atoms with E-state index < -0.39 is 5.97 Å². The van der Waals surface area contributed by atoms with E-state index in [1.807, 2.05) is 18.2 Å². The fourth-order valence-corrected chi connectivity index (χ4v) is 1.55. The average molecular weight is 227 g/mol. The summed E-state index contributed by atoms with van der Waals surface area (Å²) in [6, 6.07) is 7.31. The van der Waals surface area contributed by atoms with Gasteiger partial charge in [-0.05, 0) is 24.3 Å². The van der Waals surface area contributed by atoms with Crippen LogP contribution in [0.4, 0.5) is 0 Å². The third-order valence-electron chi connectivity index (χ3n) is 2.22. The molecule has 0 aliphatic rings. The average Bonchev–Trinajstić information content (AvgIpc) is 2.57. The maximum absolute atomic E-state index is 10.4. The molecule has 1 N–H and O–H groups in total. The molecule has 5 heteroatoms. The number of aromatic amines is 1. The number of methoxy groups -OCH3 is 1. The minimum atomic E-state index is -1.09. The van der Waals surface area contributed by atoms with Gasteiger partial charge >= 0.3 is 29.6 Å². The van der Waals surface area contributed by atoms with Crippen LogP contribution in [0.1, 0.15) is 5.69 Å². The molecular weight excluding hydrogens is 217 g/mol. The number of carbonyl (C=O) groups excluding carboxylic acids is 1. The largest absolute Gasteiger partial charge is 1.00 e. The SMILES string of the molecule is COc1ccc2[nH]c(CC(=O)[O-])cc2c1.[Na+]. The van der Waals surface area contributed by atoms with Crippen LogP contribution in [0.5, 0.6) is 5.75 Å². The molecular formula is C11H10NNaO3. The van der Waals surface area contributed by atoms with Gasteiger partial charge in [0, 0.05) is 29.0 Å². The molecule has 0 bridgehead atoms. The van der Waals surface area contributed by atoms with Gasteiger partial charge in [0.05, 0.1) is 7.11 Å². The number of carbonyl (C=O) groups is 1. The number of carboxylic acid groups (broad SMARTS) is 1. The van der Waals surface area contributed by atoms with E-state index in [1.165, 1.54) is 0 Å². The van der Waals surface area contributed by atoms with Crippen molar-refractivity contribution in [3.8, 4) is 5.75 Å². The summed E-state index contributed by atoms with van der Waals surface area (Å²) in [5.41, 5.74) is 1.53. The standard InChI is InChI=1S/C11H11NO3.Na/c1-15-9-2-3-10-7(5-9)4-8(12-10)6-11(13)14;/h2-5,12H,6H2,1H3,(H,13,14);/q;+1/p-1. The zero-order chi connectivity index (χ0) is 10.8. The molecule has 1 aromatic heterocycles. The summed E-state index contributed by atoms with van der Waals surface area (Å²) < 4.78 is 5.07. The number of aromatic nitrogens is 1. The van der Waals surface area contributed by atoms with E-state index >= 15 is 0 Å². The minimum Gasteiger partial charge on any atom is -0.550 e. The van der Waals surface area contributed by atoms with E-state index in [4.69, 9.17) is 4.74 Å². The second kappa shape index (κ2) is 5.39. The molecule has 0 amide bonds. The normalized spacial score (nSPS) is 9.81. The molecule has 0 atom stereocenters. The first kappa shape index (κ1) is 13.1. The molecule has 0 spiro atoms. The molecule has 1 aromatic carbocycles. The van der Waals surface area contributed by atoms with Gasteiger partial charge in [0.25, 0.3) is 0 Å². The predicted molar refractivity (Wildman–Crippen MR) is 53.6 cm³/mol. The molecule has 78 valence electrons. The van der Waals surface area contributed by atoms with Crippen LogP contribution in [-0.2, 0) is 11.2 Å². The van der Waals surface area contributed by atoms with Crippen LogP contribution < -0.4 is 39.4 Å². The van der Waals surface area contributed by atoms with Gasteiger partial charge in [-0.2, -0.15) is 0 Å². The van der Waals surface area contributed by atoms with E-state index in [-0.39, 0.29) is 36.0 Å². The van der Waals surface area contributed by atoms with Crippen LogP contribution >= 0.6 is 0 Å². The number of fused-ring (bicyclic) bond motifs is 1. The Bertz CT molecular complexity index is 507. The van der Waals surface area contributed by atoms with Crippen molar-refractivity contribution in [1.82, 2.24) is 4.98 Å². The molecule has 0 saturated carbocycles. The fraction of sp³-hybridized carbons (Fsp3) is 0.182. The van der Waals surface area contributed by atoms with Crippen molar-refractivity contribution >= 4 is 16.9 Å². The van der Waals surface area contributed by atoms with Gasteiger partial charge in [-0.15, -0.1) is 0 Å². The second-order valence-electron chi connectivity index (χ2n) is 3.30. The number of rotatable bonds is 3. The second-order valence-corrected chi connectivity index (χ2v) is 3.30. The Morgan fingerprint density at radius 1 is 1.44 bits per heavy atom. The van der Waals surface area contributed by atoms with E-state index in [9.17, 15) is 9.90 Å². The summed E-state index contributed by atoms with van der Waals surface area (Å²) in [5, 5.41) is 11.3. The molecule has 2 rings (SSSR count). The predicted octanol–water partition coefficient (Wildman–Crippen LogP) is -2.53. The number of H-pyrrole nitrogens is 1. The Morgan fingerprint density at radius 2 is 2.19 bits per heavy atom. The number of aliphatic carboxylic acids is 1. The molecule has 0 saturated heterocycles. The van der Waals surface area contributed by atoms with Crippen molar-refractivity contribution in [2.24, 2.45) is 0 Å². The summed E-state index contributed by atoms with van der Waals surface area (Å²) in [4.78, 5) is 13.4. The third kappa shape index (κ3) is 2.78. The van der Waals surface area contributed by atoms with Gasteiger partial charge < -0.3 is 19.6 Å². The summed E-state index contributed by atoms with van der Waals surface area (Å²) in [5.74, 6) is -0.338. The zero-order valence-corrected chi connectivity index (χ0v) is 11.2. The number of hydrogen-bond acceptors (Lipinski definition) is 3. The number of carboxylic acids is 1. The quantitative estimate of drug-likeness (QED) is 0.588. The van der Waals surface area contributed by atoms with Crippen molar-refractivity contribution < 1.29 is 44.2 Å². The van der Waals surface area contributed by atoms with E-state index in [0.29, 0.717) is 5.69 Å². The fourth-order valence-electron chi connectivity index (χ4n) is 1.55. The zero-order valence-electron chi connectivity index (χ0n) is 9.24. The van der Waals surface area contributed by atoms with Crippen molar-refractivity contribution in [3.05, 3.63) is 30.0 Å². The van der Waals surface area contributed by atoms with Crippen LogP contribution in [0.2, 0.25) is 0 Å². The smallest absolute Gasteiger partial charge is 0.550 e. The van der Waals surface area contributed by atoms with Gasteiger partial charge in [-0.1, -0.05) is 0 Å². The Balaban J connectivity index is 0.00000128. The van der Waals surface area contributed by atoms with Gasteiger partial charge in [-0.25, -0.2) is 0 Å². The molecule has 2 aromatic rings. The number of hydrogen-bond donors (Lipinski definition) is 1. The maximum Gasteiger partial charge on any atom is 1.00 e. The molecule has 0 aliphatic carbocycles. The van der Waals surface area contributed by atoms with Gasteiger partial charge in [0.1, 0.15) is 5.75 Å². The van der Waals surface area contributed by atoms with E-state index in [0.717, 1.165) is 16.7 Å². The monoisotopic (exact) mass is 227 g/mol. The van der Waals surface area contributed by atoms with Crippen LogP contribution in [-0.4, -0.2) is 18.1 Å². The van der Waals surface area contributed by atoms with E-state index in [1.54, 1.807) is 13.2 Å². The van der Waals surface area contributed by atoms with Crippen molar-refractivity contribution in [3.63, 3.8) is 0 Å². The Hall–Kier alpha value is -0.970. The molecule has 1 heterocycles. The maximum atomic E-state index is 10.4. The van der Waals surface area contributed by atoms with Gasteiger partial charge in [0.2, 0.25) is 0 Å². The summed E-state index contributed by atoms with van der Waals surface area (Å²) in [7, 11) is 1.59. The van der Waals surface area contributed by atoms with Gasteiger partial charge in [-0.3, -0.25) is 0 Å². The number of nitrogens with one attached hydrogen (secondary N) is 1. The van der Waals surface area contributed by atoms with Crippen LogP contribution in [0.3, 0.4) is 0 Å². The van der Waals surface area contributed by atoms with Crippen LogP contribution in [0, 0.1) is 0 Å². The summed E-state index contributed by atoms with van der Waals surface area (Å²) in [6.45, 7) is 0. The number of ether oxygens (including phenoxy) is 1. The molecule has 0 aliphatic heterocycles.